The zero-order valence-electron chi connectivity index (χ0n) is 11.9. The van der Waals surface area contributed by atoms with Crippen LogP contribution in [0.4, 0.5) is 13.2 Å². The molecule has 0 saturated carbocycles. The minimum atomic E-state index is -4.68. The Kier molecular flexibility index (Phi) is 3.95. The zero-order valence-corrected chi connectivity index (χ0v) is 11.9. The molecule has 2 aromatic heterocycles. The highest BCUT2D eigenvalue weighted by molar-refractivity contribution is 5.55. The van der Waals surface area contributed by atoms with Crippen LogP contribution in [0.25, 0.3) is 11.4 Å². The number of nitrogens with zero attached hydrogens (tertiary/aromatic N) is 3. The van der Waals surface area contributed by atoms with Gasteiger partial charge >= 0.3 is 12.1 Å². The van der Waals surface area contributed by atoms with Crippen molar-refractivity contribution >= 4 is 0 Å². The van der Waals surface area contributed by atoms with Crippen molar-refractivity contribution in [1.29, 1.82) is 5.26 Å². The molecule has 1 aromatic carbocycles. The second-order valence-corrected chi connectivity index (χ2v) is 4.61. The van der Waals surface area contributed by atoms with E-state index < -0.39 is 12.1 Å². The highest BCUT2D eigenvalue weighted by Gasteiger charge is 2.38. The standard InChI is InChI=1S/C15H8F3N3O3/c16-15(17,18)14-20-13(21-24-14)9-1-3-10(4-2-9)22-8-12-6-5-11(7-19)23-12/h1-6H,8H2. The van der Waals surface area contributed by atoms with Crippen LogP contribution in [0.2, 0.25) is 0 Å². The van der Waals surface area contributed by atoms with E-state index in [1.165, 1.54) is 18.2 Å². The van der Waals surface area contributed by atoms with E-state index in [1.807, 2.05) is 6.07 Å². The lowest BCUT2D eigenvalue weighted by Crippen LogP contribution is -2.04. The molecule has 0 spiro atoms. The van der Waals surface area contributed by atoms with E-state index >= 15 is 0 Å². The summed E-state index contributed by atoms with van der Waals surface area (Å²) < 4.78 is 52.1. The third-order valence-electron chi connectivity index (χ3n) is 2.93. The van der Waals surface area contributed by atoms with Crippen LogP contribution in [0.5, 0.6) is 5.75 Å². The van der Waals surface area contributed by atoms with Crippen LogP contribution in [0, 0.1) is 11.3 Å². The first kappa shape index (κ1) is 15.6. The molecule has 0 aliphatic heterocycles. The van der Waals surface area contributed by atoms with Crippen molar-refractivity contribution in [3.8, 4) is 23.2 Å². The second kappa shape index (κ2) is 6.08. The number of aromatic nitrogens is 2. The molecular weight excluding hydrogens is 327 g/mol. The van der Waals surface area contributed by atoms with Gasteiger partial charge in [-0.15, -0.1) is 0 Å². The molecule has 0 amide bonds. The zero-order chi connectivity index (χ0) is 17.2. The quantitative estimate of drug-likeness (QED) is 0.721. The Balaban J connectivity index is 1.67. The predicted octanol–water partition coefficient (Wildman–Crippen LogP) is 3.80. The SMILES string of the molecule is N#Cc1ccc(COc2ccc(-c3noc(C(F)(F)F)n3)cc2)o1. The smallest absolute Gasteiger partial charge is 0.471 e. The number of nitriles is 1. The van der Waals surface area contributed by atoms with Crippen molar-refractivity contribution in [3.63, 3.8) is 0 Å². The summed E-state index contributed by atoms with van der Waals surface area (Å²) in [4.78, 5) is 3.30. The lowest BCUT2D eigenvalue weighted by Gasteiger charge is -2.04. The lowest BCUT2D eigenvalue weighted by molar-refractivity contribution is -0.159. The molecule has 122 valence electrons. The topological polar surface area (TPSA) is 85.1 Å². The summed E-state index contributed by atoms with van der Waals surface area (Å²) in [6, 6.07) is 11.1. The molecule has 24 heavy (non-hydrogen) atoms. The van der Waals surface area contributed by atoms with Gasteiger partial charge in [0.2, 0.25) is 11.6 Å². The predicted molar refractivity (Wildman–Crippen MR) is 72.5 cm³/mol. The Bertz CT molecular complexity index is 876. The van der Waals surface area contributed by atoms with Crippen molar-refractivity contribution in [2.24, 2.45) is 0 Å². The monoisotopic (exact) mass is 335 g/mol. The Morgan fingerprint density at radius 1 is 1.12 bits per heavy atom. The maximum Gasteiger partial charge on any atom is 0.471 e. The van der Waals surface area contributed by atoms with Gasteiger partial charge in [0.1, 0.15) is 24.2 Å². The van der Waals surface area contributed by atoms with Crippen molar-refractivity contribution in [1.82, 2.24) is 10.1 Å². The van der Waals surface area contributed by atoms with Crippen molar-refractivity contribution in [2.75, 3.05) is 0 Å². The summed E-state index contributed by atoms with van der Waals surface area (Å²) in [5, 5.41) is 11.9. The van der Waals surface area contributed by atoms with Gasteiger partial charge in [0.05, 0.1) is 0 Å². The number of hydrogen-bond donors (Lipinski definition) is 0. The molecule has 3 rings (SSSR count). The Morgan fingerprint density at radius 2 is 1.88 bits per heavy atom. The van der Waals surface area contributed by atoms with Gasteiger partial charge in [-0.1, -0.05) is 5.16 Å². The van der Waals surface area contributed by atoms with E-state index in [0.29, 0.717) is 17.1 Å². The van der Waals surface area contributed by atoms with Gasteiger partial charge in [0.15, 0.2) is 0 Å². The molecule has 2 heterocycles. The Labute approximate surface area is 133 Å². The van der Waals surface area contributed by atoms with Gasteiger partial charge in [0, 0.05) is 5.56 Å². The highest BCUT2D eigenvalue weighted by Crippen LogP contribution is 2.29. The van der Waals surface area contributed by atoms with Gasteiger partial charge in [-0.2, -0.15) is 23.4 Å². The van der Waals surface area contributed by atoms with Crippen molar-refractivity contribution in [2.45, 2.75) is 12.8 Å². The maximum absolute atomic E-state index is 12.4. The molecule has 0 aliphatic carbocycles. The summed E-state index contributed by atoms with van der Waals surface area (Å²) >= 11 is 0. The van der Waals surface area contributed by atoms with Gasteiger partial charge < -0.3 is 13.7 Å². The van der Waals surface area contributed by atoms with Gasteiger partial charge in [-0.05, 0) is 36.4 Å². The molecule has 0 saturated heterocycles. The van der Waals surface area contributed by atoms with Gasteiger partial charge in [-0.25, -0.2) is 0 Å². The molecule has 0 fully saturated rings. The van der Waals surface area contributed by atoms with E-state index in [9.17, 15) is 13.2 Å². The maximum atomic E-state index is 12.4. The molecule has 0 radical (unpaired) electrons. The fourth-order valence-corrected chi connectivity index (χ4v) is 1.83. The third-order valence-corrected chi connectivity index (χ3v) is 2.93. The Morgan fingerprint density at radius 3 is 2.46 bits per heavy atom. The summed E-state index contributed by atoms with van der Waals surface area (Å²) in [7, 11) is 0. The Hall–Kier alpha value is -3.28. The minimum Gasteiger partial charge on any atom is -0.486 e. The summed E-state index contributed by atoms with van der Waals surface area (Å²) in [6.07, 6.45) is -4.68. The van der Waals surface area contributed by atoms with Crippen LogP contribution in [0.15, 0.2) is 45.3 Å². The van der Waals surface area contributed by atoms with E-state index in [2.05, 4.69) is 14.7 Å². The molecule has 0 N–H and O–H groups in total. The van der Waals surface area contributed by atoms with E-state index in [0.717, 1.165) is 0 Å². The average molecular weight is 335 g/mol. The van der Waals surface area contributed by atoms with Crippen LogP contribution in [-0.4, -0.2) is 10.1 Å². The third kappa shape index (κ3) is 3.38. The van der Waals surface area contributed by atoms with E-state index in [1.54, 1.807) is 18.2 Å². The molecular formula is C15H8F3N3O3. The van der Waals surface area contributed by atoms with Crippen molar-refractivity contribution < 1.29 is 26.8 Å². The number of furan rings is 1. The molecule has 6 nitrogen and oxygen atoms in total. The number of halogens is 3. The lowest BCUT2D eigenvalue weighted by atomic mass is 10.2. The summed E-state index contributed by atoms with van der Waals surface area (Å²) in [5.74, 6) is -0.444. The second-order valence-electron chi connectivity index (χ2n) is 4.61. The number of hydrogen-bond acceptors (Lipinski definition) is 6. The van der Waals surface area contributed by atoms with Crippen LogP contribution in [-0.2, 0) is 12.8 Å². The molecule has 0 bridgehead atoms. The van der Waals surface area contributed by atoms with Crippen LogP contribution >= 0.6 is 0 Å². The molecule has 0 aliphatic rings. The van der Waals surface area contributed by atoms with E-state index in [4.69, 9.17) is 14.4 Å². The molecule has 0 unspecified atom stereocenters. The first-order valence-corrected chi connectivity index (χ1v) is 6.58. The first-order valence-electron chi connectivity index (χ1n) is 6.58. The fraction of sp³-hybridized carbons (Fsp3) is 0.133. The average Bonchev–Trinajstić information content (AvgIpc) is 3.22. The number of benzene rings is 1. The van der Waals surface area contributed by atoms with Crippen LogP contribution in [0.3, 0.4) is 0 Å². The number of ether oxygens (including phenoxy) is 1. The molecule has 0 atom stereocenters. The first-order chi connectivity index (χ1) is 11.5. The van der Waals surface area contributed by atoms with Crippen LogP contribution in [0.1, 0.15) is 17.4 Å². The van der Waals surface area contributed by atoms with Gasteiger partial charge in [-0.3, -0.25) is 0 Å². The van der Waals surface area contributed by atoms with Crippen LogP contribution < -0.4 is 4.74 Å². The number of alkyl halides is 3. The normalized spacial score (nSPS) is 11.2. The van der Waals surface area contributed by atoms with Crippen molar-refractivity contribution in [3.05, 3.63) is 53.8 Å². The molecule has 9 heteroatoms. The summed E-state index contributed by atoms with van der Waals surface area (Å²) in [5.41, 5.74) is 0.353. The fourth-order valence-electron chi connectivity index (χ4n) is 1.83. The van der Waals surface area contributed by atoms with Gasteiger partial charge in [0.25, 0.3) is 0 Å². The summed E-state index contributed by atoms with van der Waals surface area (Å²) in [6.45, 7) is 0.113. The number of rotatable bonds is 4. The van der Waals surface area contributed by atoms with E-state index in [-0.39, 0.29) is 18.2 Å². The highest BCUT2D eigenvalue weighted by atomic mass is 19.4. The largest absolute Gasteiger partial charge is 0.486 e. The molecule has 3 aromatic rings. The minimum absolute atomic E-state index is 0.113.